The lowest BCUT2D eigenvalue weighted by Gasteiger charge is -2.41. The molecule has 2 heteroatoms. The van der Waals surface area contributed by atoms with E-state index in [2.05, 4.69) is 193 Å². The van der Waals surface area contributed by atoms with E-state index in [1.165, 1.54) is 55.0 Å². The van der Waals surface area contributed by atoms with Crippen LogP contribution in [0.5, 0.6) is 11.5 Å². The second-order valence-corrected chi connectivity index (χ2v) is 12.9. The highest BCUT2D eigenvalue weighted by molar-refractivity contribution is 6.14. The van der Waals surface area contributed by atoms with Crippen molar-refractivity contribution in [2.45, 2.75) is 5.41 Å². The molecule has 0 unspecified atom stereocenters. The number of nitrogens with zero attached hydrogens (tertiary/aromatic N) is 1. The van der Waals surface area contributed by atoms with Crippen LogP contribution in [0, 0.1) is 0 Å². The van der Waals surface area contributed by atoms with E-state index in [1.807, 2.05) is 0 Å². The molecule has 9 aromatic rings. The number of para-hydroxylation sites is 3. The van der Waals surface area contributed by atoms with Crippen molar-refractivity contribution in [2.75, 3.05) is 0 Å². The molecule has 0 amide bonds. The van der Waals surface area contributed by atoms with Gasteiger partial charge in [0.1, 0.15) is 11.5 Å². The highest BCUT2D eigenvalue weighted by Crippen LogP contribution is 2.55. The van der Waals surface area contributed by atoms with E-state index < -0.39 is 5.41 Å². The molecule has 0 bridgehead atoms. The minimum Gasteiger partial charge on any atom is -0.457 e. The molecule has 0 atom stereocenters. The zero-order valence-electron chi connectivity index (χ0n) is 26.8. The molecule has 8 aromatic carbocycles. The molecular formula is C47H31NO. The van der Waals surface area contributed by atoms with E-state index in [0.29, 0.717) is 0 Å². The van der Waals surface area contributed by atoms with Gasteiger partial charge in [0.15, 0.2) is 0 Å². The van der Waals surface area contributed by atoms with Crippen LogP contribution in [0.3, 0.4) is 0 Å². The van der Waals surface area contributed by atoms with Gasteiger partial charge in [0.25, 0.3) is 0 Å². The summed E-state index contributed by atoms with van der Waals surface area (Å²) in [6.07, 6.45) is 0. The van der Waals surface area contributed by atoms with Gasteiger partial charge >= 0.3 is 0 Å². The van der Waals surface area contributed by atoms with Crippen molar-refractivity contribution in [2.24, 2.45) is 0 Å². The second-order valence-electron chi connectivity index (χ2n) is 12.9. The Bertz CT molecular complexity index is 2630. The largest absolute Gasteiger partial charge is 0.457 e. The van der Waals surface area contributed by atoms with Crippen LogP contribution in [-0.4, -0.2) is 4.57 Å². The summed E-state index contributed by atoms with van der Waals surface area (Å²) in [6, 6.07) is 67.9. The molecule has 0 aliphatic carbocycles. The van der Waals surface area contributed by atoms with Gasteiger partial charge in [-0.2, -0.15) is 0 Å². The lowest BCUT2D eigenvalue weighted by Crippen LogP contribution is -2.34. The third-order valence-corrected chi connectivity index (χ3v) is 10.3. The minimum atomic E-state index is -0.551. The fraction of sp³-hybridized carbons (Fsp3) is 0.0213. The summed E-state index contributed by atoms with van der Waals surface area (Å²) in [4.78, 5) is 0. The van der Waals surface area contributed by atoms with E-state index in [1.54, 1.807) is 0 Å². The fourth-order valence-corrected chi connectivity index (χ4v) is 8.13. The topological polar surface area (TPSA) is 14.2 Å². The normalized spacial score (nSPS) is 13.2. The molecule has 1 aliphatic heterocycles. The average Bonchev–Trinajstić information content (AvgIpc) is 3.49. The van der Waals surface area contributed by atoms with Gasteiger partial charge in [0, 0.05) is 27.6 Å². The van der Waals surface area contributed by atoms with Crippen molar-refractivity contribution >= 4 is 32.6 Å². The quantitative estimate of drug-likeness (QED) is 0.190. The molecule has 10 rings (SSSR count). The average molecular weight is 626 g/mol. The molecule has 1 aliphatic rings. The smallest absolute Gasteiger partial charge is 0.132 e. The third-order valence-electron chi connectivity index (χ3n) is 10.3. The van der Waals surface area contributed by atoms with Gasteiger partial charge < -0.3 is 9.30 Å². The van der Waals surface area contributed by atoms with Gasteiger partial charge in [0.05, 0.1) is 16.4 Å². The standard InChI is InChI=1S/C47H31NO/c1-4-14-36(15-5-1)47(37-16-6-2-7-17-37)41-21-11-13-23-45(41)49-46-27-26-33(30-42(46)47)32-24-25-34-31-44-40(29-35(34)28-32)39-20-10-12-22-43(39)48(44)38-18-8-3-9-19-38/h1-31H. The zero-order valence-corrected chi connectivity index (χ0v) is 26.8. The second kappa shape index (κ2) is 10.8. The van der Waals surface area contributed by atoms with Gasteiger partial charge in [-0.05, 0) is 87.6 Å². The first kappa shape index (κ1) is 27.7. The summed E-state index contributed by atoms with van der Waals surface area (Å²) in [7, 11) is 0. The summed E-state index contributed by atoms with van der Waals surface area (Å²) in [6.45, 7) is 0. The number of rotatable bonds is 4. The Morgan fingerprint density at radius 2 is 1.00 bits per heavy atom. The predicted octanol–water partition coefficient (Wildman–Crippen LogP) is 12.1. The van der Waals surface area contributed by atoms with Gasteiger partial charge in [0.2, 0.25) is 0 Å². The first-order valence-electron chi connectivity index (χ1n) is 16.8. The molecule has 0 saturated carbocycles. The summed E-state index contributed by atoms with van der Waals surface area (Å²) >= 11 is 0. The maximum absolute atomic E-state index is 6.66. The first-order valence-corrected chi connectivity index (χ1v) is 16.8. The Hall–Kier alpha value is -6.38. The summed E-state index contributed by atoms with van der Waals surface area (Å²) in [5.74, 6) is 1.77. The van der Waals surface area contributed by atoms with E-state index in [0.717, 1.165) is 28.2 Å². The van der Waals surface area contributed by atoms with Crippen LogP contribution < -0.4 is 4.74 Å². The molecule has 2 heterocycles. The van der Waals surface area contributed by atoms with E-state index in [-0.39, 0.29) is 0 Å². The molecule has 0 N–H and O–H groups in total. The lowest BCUT2D eigenvalue weighted by atomic mass is 9.63. The van der Waals surface area contributed by atoms with Crippen LogP contribution in [0.4, 0.5) is 0 Å². The Balaban J connectivity index is 1.20. The summed E-state index contributed by atoms with van der Waals surface area (Å²) < 4.78 is 9.04. The molecule has 49 heavy (non-hydrogen) atoms. The van der Waals surface area contributed by atoms with Crippen LogP contribution in [0.1, 0.15) is 22.3 Å². The van der Waals surface area contributed by atoms with Crippen molar-refractivity contribution < 1.29 is 4.74 Å². The van der Waals surface area contributed by atoms with Crippen LogP contribution in [-0.2, 0) is 5.41 Å². The predicted molar refractivity (Wildman–Crippen MR) is 202 cm³/mol. The van der Waals surface area contributed by atoms with E-state index in [9.17, 15) is 0 Å². The fourth-order valence-electron chi connectivity index (χ4n) is 8.13. The Morgan fingerprint density at radius 1 is 0.388 bits per heavy atom. The number of fused-ring (bicyclic) bond motifs is 6. The lowest BCUT2D eigenvalue weighted by molar-refractivity contribution is 0.434. The molecule has 1 aromatic heterocycles. The van der Waals surface area contributed by atoms with Gasteiger partial charge in [-0.25, -0.2) is 0 Å². The molecule has 0 radical (unpaired) electrons. The van der Waals surface area contributed by atoms with Gasteiger partial charge in [-0.3, -0.25) is 0 Å². The minimum absolute atomic E-state index is 0.551. The number of benzene rings is 8. The molecule has 2 nitrogen and oxygen atoms in total. The summed E-state index contributed by atoms with van der Waals surface area (Å²) in [5, 5.41) is 4.95. The Kier molecular flexibility index (Phi) is 6.13. The van der Waals surface area contributed by atoms with Gasteiger partial charge in [-0.15, -0.1) is 0 Å². The highest BCUT2D eigenvalue weighted by Gasteiger charge is 2.45. The van der Waals surface area contributed by atoms with Crippen molar-refractivity contribution in [3.05, 3.63) is 210 Å². The number of ether oxygens (including phenoxy) is 1. The summed E-state index contributed by atoms with van der Waals surface area (Å²) in [5.41, 5.74) is 10.1. The van der Waals surface area contributed by atoms with Crippen LogP contribution >= 0.6 is 0 Å². The Labute approximate surface area is 285 Å². The number of hydrogen-bond donors (Lipinski definition) is 0. The number of hydrogen-bond acceptors (Lipinski definition) is 1. The molecular weight excluding hydrogens is 595 g/mol. The number of aromatic nitrogens is 1. The third kappa shape index (κ3) is 4.14. The molecule has 0 fully saturated rings. The van der Waals surface area contributed by atoms with Crippen molar-refractivity contribution in [3.63, 3.8) is 0 Å². The maximum Gasteiger partial charge on any atom is 0.132 e. The van der Waals surface area contributed by atoms with E-state index >= 15 is 0 Å². The first-order chi connectivity index (χ1) is 24.3. The monoisotopic (exact) mass is 625 g/mol. The van der Waals surface area contributed by atoms with Gasteiger partial charge in [-0.1, -0.05) is 133 Å². The van der Waals surface area contributed by atoms with Crippen LogP contribution in [0.25, 0.3) is 49.4 Å². The van der Waals surface area contributed by atoms with Crippen molar-refractivity contribution in [1.29, 1.82) is 0 Å². The van der Waals surface area contributed by atoms with E-state index in [4.69, 9.17) is 4.74 Å². The Morgan fingerprint density at radius 3 is 1.78 bits per heavy atom. The molecule has 0 spiro atoms. The molecule has 230 valence electrons. The van der Waals surface area contributed by atoms with Crippen LogP contribution in [0.15, 0.2) is 188 Å². The van der Waals surface area contributed by atoms with Crippen molar-refractivity contribution in [1.82, 2.24) is 4.57 Å². The zero-order chi connectivity index (χ0) is 32.4. The maximum atomic E-state index is 6.66. The van der Waals surface area contributed by atoms with Crippen molar-refractivity contribution in [3.8, 4) is 28.3 Å². The van der Waals surface area contributed by atoms with Crippen LogP contribution in [0.2, 0.25) is 0 Å². The molecule has 0 saturated heterocycles. The highest BCUT2D eigenvalue weighted by atomic mass is 16.5. The SMILES string of the molecule is c1ccc(-n2c3ccccc3c3cc4cc(-c5ccc6c(c5)C(c5ccccc5)(c5ccccc5)c5ccccc5O6)ccc4cc32)cc1.